The molecule has 0 aliphatic carbocycles. The van der Waals surface area contributed by atoms with E-state index in [0.29, 0.717) is 6.42 Å². The van der Waals surface area contributed by atoms with Crippen molar-refractivity contribution in [2.45, 2.75) is 25.1 Å². The second-order valence-corrected chi connectivity index (χ2v) is 6.23. The number of rotatable bonds is 5. The molecule has 122 valence electrons. The van der Waals surface area contributed by atoms with Gasteiger partial charge in [0.25, 0.3) is 0 Å². The zero-order valence-corrected chi connectivity index (χ0v) is 12.7. The largest absolute Gasteiger partial charge is 0.445 e. The van der Waals surface area contributed by atoms with Crippen molar-refractivity contribution in [2.24, 2.45) is 5.73 Å². The Bertz CT molecular complexity index is 593. The van der Waals surface area contributed by atoms with Gasteiger partial charge in [-0.3, -0.25) is 4.18 Å². The van der Waals surface area contributed by atoms with Crippen LogP contribution < -0.4 is 15.8 Å². The third kappa shape index (κ3) is 4.95. The van der Waals surface area contributed by atoms with Crippen LogP contribution >= 0.6 is 0 Å². The fraction of sp³-hybridized carbons (Fsp3) is 0.462. The van der Waals surface area contributed by atoms with E-state index in [9.17, 15) is 13.2 Å². The summed E-state index contributed by atoms with van der Waals surface area (Å²) in [4.78, 5) is 11.8. The number of carbonyl (C=O) groups is 1. The molecular formula is C13H19N3O5S. The van der Waals surface area contributed by atoms with E-state index in [2.05, 4.69) is 14.2 Å². The summed E-state index contributed by atoms with van der Waals surface area (Å²) in [7, 11) is -3.78. The van der Waals surface area contributed by atoms with Crippen LogP contribution in [-0.2, 0) is 25.8 Å². The Labute approximate surface area is 129 Å². The summed E-state index contributed by atoms with van der Waals surface area (Å²) in [6.45, 7) is 0.262. The first-order valence-electron chi connectivity index (χ1n) is 6.84. The van der Waals surface area contributed by atoms with Gasteiger partial charge < -0.3 is 15.8 Å². The van der Waals surface area contributed by atoms with E-state index in [1.807, 2.05) is 30.3 Å². The van der Waals surface area contributed by atoms with E-state index >= 15 is 0 Å². The molecule has 0 bridgehead atoms. The van der Waals surface area contributed by atoms with Crippen molar-refractivity contribution in [3.05, 3.63) is 35.9 Å². The number of nitrogens with two attached hydrogens (primary N) is 1. The average molecular weight is 329 g/mol. The normalized spacial score (nSPS) is 23.7. The number of carbonyl (C=O) groups excluding carboxylic acids is 1. The molecule has 1 fully saturated rings. The van der Waals surface area contributed by atoms with Gasteiger partial charge in [0.2, 0.25) is 0 Å². The van der Waals surface area contributed by atoms with Crippen LogP contribution in [0.25, 0.3) is 0 Å². The lowest BCUT2D eigenvalue weighted by atomic mass is 10.1. The topological polar surface area (TPSA) is 120 Å². The Balaban J connectivity index is 1.86. The Morgan fingerprint density at radius 1 is 1.41 bits per heavy atom. The van der Waals surface area contributed by atoms with E-state index in [4.69, 9.17) is 10.5 Å². The summed E-state index contributed by atoms with van der Waals surface area (Å²) in [5.74, 6) is 0. The van der Waals surface area contributed by atoms with Crippen LogP contribution in [0.5, 0.6) is 0 Å². The summed E-state index contributed by atoms with van der Waals surface area (Å²) in [6, 6.07) is 8.18. The lowest BCUT2D eigenvalue weighted by Crippen LogP contribution is -2.59. The number of amides is 1. The van der Waals surface area contributed by atoms with E-state index < -0.39 is 28.5 Å². The maximum Gasteiger partial charge on any atom is 0.407 e. The summed E-state index contributed by atoms with van der Waals surface area (Å²) >= 11 is 0. The van der Waals surface area contributed by atoms with Gasteiger partial charge in [0.15, 0.2) is 0 Å². The van der Waals surface area contributed by atoms with Gasteiger partial charge in [0.1, 0.15) is 6.61 Å². The van der Waals surface area contributed by atoms with Gasteiger partial charge in [-0.2, -0.15) is 13.1 Å². The predicted molar refractivity (Wildman–Crippen MR) is 79.0 cm³/mol. The standard InChI is InChI=1S/C13H19N3O5S/c14-7-6-11-12(9-21-22(18,19)16-11)15-13(17)20-8-10-4-2-1-3-5-10/h1-5,11-12,16H,6-9,14H2,(H,15,17)/t11-,12-/m1/s1. The molecule has 2 rings (SSSR count). The maximum absolute atomic E-state index is 11.8. The quantitative estimate of drug-likeness (QED) is 0.692. The van der Waals surface area contributed by atoms with E-state index in [1.165, 1.54) is 0 Å². The molecule has 0 aromatic heterocycles. The molecule has 1 aliphatic heterocycles. The molecule has 0 unspecified atom stereocenters. The first-order chi connectivity index (χ1) is 10.5. The summed E-state index contributed by atoms with van der Waals surface area (Å²) in [6.07, 6.45) is -0.257. The number of ether oxygens (including phenoxy) is 1. The van der Waals surface area contributed by atoms with Crippen molar-refractivity contribution in [2.75, 3.05) is 13.2 Å². The number of hydrogen-bond acceptors (Lipinski definition) is 6. The van der Waals surface area contributed by atoms with Crippen LogP contribution in [-0.4, -0.2) is 39.7 Å². The first kappa shape index (κ1) is 16.7. The van der Waals surface area contributed by atoms with Crippen LogP contribution in [0.3, 0.4) is 0 Å². The minimum absolute atomic E-state index is 0.132. The molecule has 0 saturated carbocycles. The lowest BCUT2D eigenvalue weighted by molar-refractivity contribution is 0.122. The van der Waals surface area contributed by atoms with Crippen LogP contribution in [0.1, 0.15) is 12.0 Å². The molecule has 0 spiro atoms. The van der Waals surface area contributed by atoms with Gasteiger partial charge in [-0.1, -0.05) is 30.3 Å². The SMILES string of the molecule is NCC[C@H]1NS(=O)(=O)OC[C@H]1NC(=O)OCc1ccccc1. The van der Waals surface area contributed by atoms with Crippen molar-refractivity contribution < 1.29 is 22.1 Å². The molecular weight excluding hydrogens is 310 g/mol. The molecule has 1 aromatic carbocycles. The highest BCUT2D eigenvalue weighted by Crippen LogP contribution is 2.10. The molecule has 9 heteroatoms. The third-order valence-electron chi connectivity index (χ3n) is 3.18. The Hall–Kier alpha value is -1.68. The molecule has 8 nitrogen and oxygen atoms in total. The smallest absolute Gasteiger partial charge is 0.407 e. The van der Waals surface area contributed by atoms with Gasteiger partial charge in [-0.05, 0) is 18.5 Å². The third-order valence-corrected chi connectivity index (χ3v) is 4.22. The van der Waals surface area contributed by atoms with E-state index in [-0.39, 0.29) is 19.8 Å². The monoisotopic (exact) mass is 329 g/mol. The molecule has 0 radical (unpaired) electrons. The van der Waals surface area contributed by atoms with Gasteiger partial charge >= 0.3 is 16.4 Å². The van der Waals surface area contributed by atoms with Crippen molar-refractivity contribution in [1.29, 1.82) is 0 Å². The molecule has 1 aliphatic rings. The van der Waals surface area contributed by atoms with Gasteiger partial charge in [0.05, 0.1) is 12.6 Å². The maximum atomic E-state index is 11.8. The minimum atomic E-state index is -3.78. The van der Waals surface area contributed by atoms with Gasteiger partial charge in [-0.25, -0.2) is 4.79 Å². The fourth-order valence-corrected chi connectivity index (χ4v) is 3.13. The van der Waals surface area contributed by atoms with Gasteiger partial charge in [-0.15, -0.1) is 0 Å². The molecule has 1 saturated heterocycles. The van der Waals surface area contributed by atoms with Crippen molar-refractivity contribution in [3.8, 4) is 0 Å². The highest BCUT2D eigenvalue weighted by atomic mass is 32.2. The number of hydrogen-bond donors (Lipinski definition) is 3. The molecule has 22 heavy (non-hydrogen) atoms. The second kappa shape index (κ2) is 7.54. The summed E-state index contributed by atoms with van der Waals surface area (Å²) in [5, 5.41) is 2.59. The molecule has 4 N–H and O–H groups in total. The molecule has 1 amide bonds. The Morgan fingerprint density at radius 2 is 2.14 bits per heavy atom. The fourth-order valence-electron chi connectivity index (χ4n) is 2.08. The number of alkyl carbamates (subject to hydrolysis) is 1. The molecule has 1 aromatic rings. The number of nitrogens with one attached hydrogen (secondary N) is 2. The van der Waals surface area contributed by atoms with Crippen LogP contribution in [0.15, 0.2) is 30.3 Å². The van der Waals surface area contributed by atoms with Crippen molar-refractivity contribution >= 4 is 16.4 Å². The minimum Gasteiger partial charge on any atom is -0.445 e. The zero-order valence-electron chi connectivity index (χ0n) is 11.9. The zero-order chi connectivity index (χ0) is 16.0. The van der Waals surface area contributed by atoms with Crippen LogP contribution in [0, 0.1) is 0 Å². The predicted octanol–water partition coefficient (Wildman–Crippen LogP) is -0.137. The first-order valence-corrected chi connectivity index (χ1v) is 8.25. The molecule has 1 heterocycles. The van der Waals surface area contributed by atoms with Gasteiger partial charge in [0, 0.05) is 6.04 Å². The highest BCUT2D eigenvalue weighted by molar-refractivity contribution is 7.84. The number of benzene rings is 1. The lowest BCUT2D eigenvalue weighted by Gasteiger charge is -2.31. The van der Waals surface area contributed by atoms with Crippen molar-refractivity contribution in [3.63, 3.8) is 0 Å². The highest BCUT2D eigenvalue weighted by Gasteiger charge is 2.34. The average Bonchev–Trinajstić information content (AvgIpc) is 2.49. The van der Waals surface area contributed by atoms with Crippen molar-refractivity contribution in [1.82, 2.24) is 10.0 Å². The summed E-state index contributed by atoms with van der Waals surface area (Å²) < 4.78 is 34.8. The van der Waals surface area contributed by atoms with Crippen LogP contribution in [0.4, 0.5) is 4.79 Å². The Kier molecular flexibility index (Phi) is 5.72. The van der Waals surface area contributed by atoms with E-state index in [1.54, 1.807) is 0 Å². The molecule has 2 atom stereocenters. The Morgan fingerprint density at radius 3 is 2.82 bits per heavy atom. The summed E-state index contributed by atoms with van der Waals surface area (Å²) in [5.41, 5.74) is 6.31. The van der Waals surface area contributed by atoms with Crippen LogP contribution in [0.2, 0.25) is 0 Å². The second-order valence-electron chi connectivity index (χ2n) is 4.85. The van der Waals surface area contributed by atoms with E-state index in [0.717, 1.165) is 5.56 Å².